The van der Waals surface area contributed by atoms with E-state index >= 15 is 0 Å². The first-order valence-corrected chi connectivity index (χ1v) is 19.0. The molecule has 38 heavy (non-hydrogen) atoms. The number of hydrogen-bond acceptors (Lipinski definition) is 1. The van der Waals surface area contributed by atoms with Crippen LogP contribution in [-0.2, 0) is 0 Å². The molecule has 0 N–H and O–H groups in total. The average Bonchev–Trinajstić information content (AvgIpc) is 2.93. The van der Waals surface area contributed by atoms with Gasteiger partial charge in [-0.2, -0.15) is 0 Å². The standard InChI is InChI=1S/C34H58F2OSi/c1-4-6-8-10-12-14-16-28-17-19-31(20-18-28)38-23-21-29(22-24-38)30-25-32(35)34(33(36)26-30)37-27(3)15-13-11-9-7-5-2/h25-29,31,38H,4-24H2,1-3H3/t27-,28-,29-,31-,38-/m0/s1. The Morgan fingerprint density at radius 3 is 1.92 bits per heavy atom. The molecule has 1 aromatic carbocycles. The van der Waals surface area contributed by atoms with Crippen molar-refractivity contribution in [3.05, 3.63) is 29.3 Å². The number of rotatable bonds is 17. The van der Waals surface area contributed by atoms with Crippen molar-refractivity contribution in [3.8, 4) is 5.75 Å². The third kappa shape index (κ3) is 10.6. The van der Waals surface area contributed by atoms with Gasteiger partial charge < -0.3 is 4.74 Å². The zero-order chi connectivity index (χ0) is 27.2. The molecule has 1 aromatic rings. The molecule has 2 fully saturated rings. The molecule has 0 unspecified atom stereocenters. The minimum absolute atomic E-state index is 0.159. The van der Waals surface area contributed by atoms with Gasteiger partial charge in [-0.05, 0) is 67.7 Å². The fourth-order valence-electron chi connectivity index (χ4n) is 7.31. The Morgan fingerprint density at radius 2 is 1.32 bits per heavy atom. The maximum atomic E-state index is 14.9. The van der Waals surface area contributed by atoms with Crippen LogP contribution >= 0.6 is 0 Å². The number of benzene rings is 1. The van der Waals surface area contributed by atoms with Crippen LogP contribution in [0.3, 0.4) is 0 Å². The molecule has 0 radical (unpaired) electrons. The van der Waals surface area contributed by atoms with E-state index in [2.05, 4.69) is 13.8 Å². The Labute approximate surface area is 235 Å². The van der Waals surface area contributed by atoms with Crippen molar-refractivity contribution in [2.24, 2.45) is 5.92 Å². The Balaban J connectivity index is 1.37. The highest BCUT2D eigenvalue weighted by molar-refractivity contribution is 6.60. The topological polar surface area (TPSA) is 9.23 Å². The van der Waals surface area contributed by atoms with Crippen molar-refractivity contribution in [3.63, 3.8) is 0 Å². The van der Waals surface area contributed by atoms with Crippen LogP contribution in [0.1, 0.15) is 154 Å². The lowest BCUT2D eigenvalue weighted by Crippen LogP contribution is -2.29. The number of unbranched alkanes of at least 4 members (excludes halogenated alkanes) is 9. The first kappa shape index (κ1) is 31.6. The Kier molecular flexibility index (Phi) is 14.7. The molecule has 4 heteroatoms. The molecule has 0 aromatic heterocycles. The number of ether oxygens (including phenoxy) is 1. The summed E-state index contributed by atoms with van der Waals surface area (Å²) in [6, 6.07) is 5.86. The van der Waals surface area contributed by atoms with E-state index in [1.165, 1.54) is 102 Å². The minimum Gasteiger partial charge on any atom is -0.485 e. The third-order valence-corrected chi connectivity index (χ3v) is 14.0. The zero-order valence-corrected chi connectivity index (χ0v) is 26.2. The van der Waals surface area contributed by atoms with E-state index in [0.717, 1.165) is 49.1 Å². The van der Waals surface area contributed by atoms with Gasteiger partial charge in [0, 0.05) is 8.80 Å². The third-order valence-electron chi connectivity index (χ3n) is 9.82. The van der Waals surface area contributed by atoms with E-state index in [-0.39, 0.29) is 11.9 Å². The van der Waals surface area contributed by atoms with Gasteiger partial charge in [-0.25, -0.2) is 8.78 Å². The van der Waals surface area contributed by atoms with Crippen LogP contribution in [0.2, 0.25) is 17.6 Å². The smallest absolute Gasteiger partial charge is 0.191 e. The van der Waals surface area contributed by atoms with Crippen LogP contribution in [-0.4, -0.2) is 14.9 Å². The Bertz CT molecular complexity index is 745. The van der Waals surface area contributed by atoms with Crippen LogP contribution in [0.15, 0.2) is 12.1 Å². The van der Waals surface area contributed by atoms with Crippen molar-refractivity contribution in [2.75, 3.05) is 0 Å². The molecule has 1 nitrogen and oxygen atoms in total. The quantitative estimate of drug-likeness (QED) is 0.139. The predicted octanol–water partition coefficient (Wildman–Crippen LogP) is 11.5. The monoisotopic (exact) mass is 548 g/mol. The summed E-state index contributed by atoms with van der Waals surface area (Å²) in [4.78, 5) is 0. The van der Waals surface area contributed by atoms with Gasteiger partial charge in [-0.1, -0.05) is 122 Å². The minimum atomic E-state index is -0.729. The van der Waals surface area contributed by atoms with Crippen molar-refractivity contribution in [2.45, 2.75) is 172 Å². The summed E-state index contributed by atoms with van der Waals surface area (Å²) in [6.07, 6.45) is 24.6. The lowest BCUT2D eigenvalue weighted by atomic mass is 9.85. The van der Waals surface area contributed by atoms with E-state index < -0.39 is 20.4 Å². The Morgan fingerprint density at radius 1 is 0.763 bits per heavy atom. The molecular formula is C34H58F2OSi. The van der Waals surface area contributed by atoms with Crippen molar-refractivity contribution >= 4 is 8.80 Å². The summed E-state index contributed by atoms with van der Waals surface area (Å²) in [6.45, 7) is 6.43. The summed E-state index contributed by atoms with van der Waals surface area (Å²) in [5.41, 5.74) is 1.87. The van der Waals surface area contributed by atoms with Gasteiger partial charge in [0.15, 0.2) is 17.4 Å². The second-order valence-electron chi connectivity index (χ2n) is 12.9. The number of hydrogen-bond donors (Lipinski definition) is 0. The molecule has 3 rings (SSSR count). The maximum Gasteiger partial charge on any atom is 0.191 e. The molecule has 1 aliphatic heterocycles. The first-order valence-electron chi connectivity index (χ1n) is 16.7. The highest BCUT2D eigenvalue weighted by atomic mass is 28.3. The largest absolute Gasteiger partial charge is 0.485 e. The van der Waals surface area contributed by atoms with Crippen LogP contribution in [0.25, 0.3) is 0 Å². The predicted molar refractivity (Wildman–Crippen MR) is 162 cm³/mol. The highest BCUT2D eigenvalue weighted by Gasteiger charge is 2.32. The first-order chi connectivity index (χ1) is 18.5. The molecule has 1 atom stereocenters. The molecule has 1 saturated heterocycles. The Hall–Kier alpha value is -0.903. The lowest BCUT2D eigenvalue weighted by Gasteiger charge is -2.37. The lowest BCUT2D eigenvalue weighted by molar-refractivity contribution is 0.188. The van der Waals surface area contributed by atoms with E-state index in [0.29, 0.717) is 5.92 Å². The van der Waals surface area contributed by atoms with Gasteiger partial charge in [0.2, 0.25) is 0 Å². The van der Waals surface area contributed by atoms with Crippen LogP contribution in [0.5, 0.6) is 5.75 Å². The van der Waals surface area contributed by atoms with Gasteiger partial charge >= 0.3 is 0 Å². The molecule has 1 heterocycles. The molecule has 1 aliphatic carbocycles. The van der Waals surface area contributed by atoms with Gasteiger partial charge in [-0.3, -0.25) is 0 Å². The van der Waals surface area contributed by atoms with Crippen LogP contribution in [0.4, 0.5) is 8.78 Å². The van der Waals surface area contributed by atoms with E-state index in [1.807, 2.05) is 6.92 Å². The van der Waals surface area contributed by atoms with Crippen molar-refractivity contribution in [1.82, 2.24) is 0 Å². The molecule has 1 saturated carbocycles. The fourth-order valence-corrected chi connectivity index (χ4v) is 11.5. The summed E-state index contributed by atoms with van der Waals surface area (Å²) in [7, 11) is -0.729. The zero-order valence-electron chi connectivity index (χ0n) is 25.1. The average molecular weight is 549 g/mol. The SMILES string of the molecule is CCCCCCCC[C@H]1CC[C@H]([Si@H]2CC[C@H](c3cc(F)c(O[C@@H](C)CCCCCCC)c(F)c3)CC2)CC1. The molecule has 0 spiro atoms. The molecule has 0 bridgehead atoms. The summed E-state index contributed by atoms with van der Waals surface area (Å²) >= 11 is 0. The molecule has 2 aliphatic rings. The normalized spacial score (nSPS) is 24.9. The summed E-state index contributed by atoms with van der Waals surface area (Å²) in [5.74, 6) is 0.104. The number of halogens is 2. The van der Waals surface area contributed by atoms with E-state index in [9.17, 15) is 8.78 Å². The van der Waals surface area contributed by atoms with Gasteiger partial charge in [-0.15, -0.1) is 0 Å². The summed E-state index contributed by atoms with van der Waals surface area (Å²) in [5, 5.41) is 0. The van der Waals surface area contributed by atoms with E-state index in [1.54, 1.807) is 12.1 Å². The van der Waals surface area contributed by atoms with Crippen molar-refractivity contribution in [1.29, 1.82) is 0 Å². The summed E-state index contributed by atoms with van der Waals surface area (Å²) < 4.78 is 35.6. The highest BCUT2D eigenvalue weighted by Crippen LogP contribution is 2.44. The van der Waals surface area contributed by atoms with Gasteiger partial charge in [0.25, 0.3) is 0 Å². The fraction of sp³-hybridized carbons (Fsp3) is 0.824. The second kappa shape index (κ2) is 17.7. The van der Waals surface area contributed by atoms with Gasteiger partial charge in [0.1, 0.15) is 0 Å². The molecule has 218 valence electrons. The maximum absolute atomic E-state index is 14.9. The van der Waals surface area contributed by atoms with Crippen LogP contribution < -0.4 is 4.74 Å². The second-order valence-corrected chi connectivity index (χ2v) is 16.5. The van der Waals surface area contributed by atoms with E-state index in [4.69, 9.17) is 4.74 Å². The van der Waals surface area contributed by atoms with Gasteiger partial charge in [0.05, 0.1) is 6.10 Å². The molecular weight excluding hydrogens is 490 g/mol. The van der Waals surface area contributed by atoms with Crippen LogP contribution in [0, 0.1) is 17.6 Å². The van der Waals surface area contributed by atoms with Crippen molar-refractivity contribution < 1.29 is 13.5 Å². The molecule has 0 amide bonds.